The van der Waals surface area contributed by atoms with Gasteiger partial charge in [-0.25, -0.2) is 0 Å². The van der Waals surface area contributed by atoms with Crippen molar-refractivity contribution in [1.29, 1.82) is 0 Å². The van der Waals surface area contributed by atoms with E-state index in [2.05, 4.69) is 0 Å². The third-order valence-electron chi connectivity index (χ3n) is 2.52. The van der Waals surface area contributed by atoms with Crippen LogP contribution >= 0.6 is 0 Å². The molecule has 0 bridgehead atoms. The number of nitrogens with zero attached hydrogens (tertiary/aromatic N) is 1. The van der Waals surface area contributed by atoms with Crippen LogP contribution in [-0.2, 0) is 4.79 Å². The molecule has 0 aromatic carbocycles. The maximum atomic E-state index is 12.1. The Morgan fingerprint density at radius 2 is 2.00 bits per heavy atom. The largest absolute Gasteiger partial charge is 0.481 e. The van der Waals surface area contributed by atoms with Crippen molar-refractivity contribution in [2.45, 2.75) is 20.8 Å². The molecule has 0 saturated carbocycles. The van der Waals surface area contributed by atoms with E-state index >= 15 is 0 Å². The van der Waals surface area contributed by atoms with E-state index in [0.717, 1.165) is 0 Å². The molecule has 1 amide bonds. The molecule has 1 unspecified atom stereocenters. The van der Waals surface area contributed by atoms with Gasteiger partial charge in [-0.2, -0.15) is 0 Å². The number of carboxylic acid groups (broad SMARTS) is 1. The van der Waals surface area contributed by atoms with Crippen LogP contribution in [0.25, 0.3) is 0 Å². The Morgan fingerprint density at radius 1 is 1.33 bits per heavy atom. The second-order valence-electron chi connectivity index (χ2n) is 4.82. The van der Waals surface area contributed by atoms with E-state index in [9.17, 15) is 9.59 Å². The van der Waals surface area contributed by atoms with E-state index in [4.69, 9.17) is 9.52 Å². The molecular weight excluding hydrogens is 234 g/mol. The average Bonchev–Trinajstić information content (AvgIpc) is 2.79. The zero-order valence-electron chi connectivity index (χ0n) is 10.9. The van der Waals surface area contributed by atoms with E-state index in [1.807, 2.05) is 13.8 Å². The van der Waals surface area contributed by atoms with Crippen molar-refractivity contribution >= 4 is 11.9 Å². The predicted octanol–water partition coefficient (Wildman–Crippen LogP) is 2.10. The molecule has 5 heteroatoms. The Balaban J connectivity index is 2.78. The summed E-state index contributed by atoms with van der Waals surface area (Å²) in [5.74, 6) is -1.25. The molecule has 100 valence electrons. The van der Waals surface area contributed by atoms with Crippen molar-refractivity contribution in [3.05, 3.63) is 24.2 Å². The molecule has 0 radical (unpaired) electrons. The topological polar surface area (TPSA) is 70.8 Å². The number of amides is 1. The van der Waals surface area contributed by atoms with Gasteiger partial charge in [0.15, 0.2) is 5.76 Å². The van der Waals surface area contributed by atoms with Gasteiger partial charge in [-0.15, -0.1) is 0 Å². The Morgan fingerprint density at radius 3 is 2.44 bits per heavy atom. The molecule has 1 aromatic heterocycles. The van der Waals surface area contributed by atoms with Crippen molar-refractivity contribution in [1.82, 2.24) is 4.90 Å². The smallest absolute Gasteiger partial charge is 0.308 e. The second-order valence-corrected chi connectivity index (χ2v) is 4.82. The van der Waals surface area contributed by atoms with Crippen LogP contribution in [0.3, 0.4) is 0 Å². The van der Waals surface area contributed by atoms with Gasteiger partial charge in [-0.05, 0) is 18.1 Å². The standard InChI is InChI=1S/C13H19NO4/c1-9(2)7-14(8-10(3)13(16)17)12(15)11-5-4-6-18-11/h4-6,9-10H,7-8H2,1-3H3,(H,16,17). The molecular formula is C13H19NO4. The summed E-state index contributed by atoms with van der Waals surface area (Å²) in [6.45, 7) is 6.25. The number of rotatable bonds is 6. The molecule has 1 N–H and O–H groups in total. The van der Waals surface area contributed by atoms with E-state index in [-0.39, 0.29) is 24.1 Å². The summed E-state index contributed by atoms with van der Waals surface area (Å²) >= 11 is 0. The highest BCUT2D eigenvalue weighted by Crippen LogP contribution is 2.11. The number of carbonyl (C=O) groups excluding carboxylic acids is 1. The van der Waals surface area contributed by atoms with Crippen molar-refractivity contribution in [2.75, 3.05) is 13.1 Å². The first-order chi connectivity index (χ1) is 8.41. The fourth-order valence-electron chi connectivity index (χ4n) is 1.65. The molecule has 0 spiro atoms. The highest BCUT2D eigenvalue weighted by molar-refractivity contribution is 5.91. The predicted molar refractivity (Wildman–Crippen MR) is 66.2 cm³/mol. The van der Waals surface area contributed by atoms with Crippen LogP contribution < -0.4 is 0 Å². The highest BCUT2D eigenvalue weighted by atomic mass is 16.4. The van der Waals surface area contributed by atoms with Gasteiger partial charge in [0.05, 0.1) is 12.2 Å². The molecule has 18 heavy (non-hydrogen) atoms. The number of carbonyl (C=O) groups is 2. The van der Waals surface area contributed by atoms with Crippen molar-refractivity contribution < 1.29 is 19.1 Å². The van der Waals surface area contributed by atoms with Crippen LogP contribution in [0, 0.1) is 11.8 Å². The molecule has 1 atom stereocenters. The highest BCUT2D eigenvalue weighted by Gasteiger charge is 2.23. The quantitative estimate of drug-likeness (QED) is 0.842. The lowest BCUT2D eigenvalue weighted by atomic mass is 10.1. The van der Waals surface area contributed by atoms with Crippen LogP contribution in [0.4, 0.5) is 0 Å². The minimum atomic E-state index is -0.906. The molecule has 0 saturated heterocycles. The number of furan rings is 1. The molecule has 0 aliphatic rings. The van der Waals surface area contributed by atoms with Crippen LogP contribution in [-0.4, -0.2) is 35.0 Å². The molecule has 1 aromatic rings. The zero-order valence-corrected chi connectivity index (χ0v) is 10.9. The van der Waals surface area contributed by atoms with Crippen LogP contribution in [0.5, 0.6) is 0 Å². The Labute approximate surface area is 106 Å². The van der Waals surface area contributed by atoms with E-state index < -0.39 is 11.9 Å². The first-order valence-electron chi connectivity index (χ1n) is 5.97. The van der Waals surface area contributed by atoms with Gasteiger partial charge in [0.1, 0.15) is 0 Å². The van der Waals surface area contributed by atoms with Gasteiger partial charge in [0, 0.05) is 13.1 Å². The van der Waals surface area contributed by atoms with E-state index in [0.29, 0.717) is 6.54 Å². The van der Waals surface area contributed by atoms with E-state index in [1.54, 1.807) is 19.1 Å². The summed E-state index contributed by atoms with van der Waals surface area (Å²) in [4.78, 5) is 24.5. The minimum Gasteiger partial charge on any atom is -0.481 e. The summed E-state index contributed by atoms with van der Waals surface area (Å²) in [6, 6.07) is 3.22. The normalized spacial score (nSPS) is 12.4. The lowest BCUT2D eigenvalue weighted by molar-refractivity contribution is -0.141. The van der Waals surface area contributed by atoms with Gasteiger partial charge in [0.2, 0.25) is 0 Å². The minimum absolute atomic E-state index is 0.188. The molecule has 0 aliphatic carbocycles. The summed E-state index contributed by atoms with van der Waals surface area (Å²) < 4.78 is 5.06. The second kappa shape index (κ2) is 6.23. The average molecular weight is 253 g/mol. The maximum absolute atomic E-state index is 12.1. The van der Waals surface area contributed by atoms with Crippen LogP contribution in [0.2, 0.25) is 0 Å². The third kappa shape index (κ3) is 3.91. The monoisotopic (exact) mass is 253 g/mol. The third-order valence-corrected chi connectivity index (χ3v) is 2.52. The van der Waals surface area contributed by atoms with Gasteiger partial charge >= 0.3 is 5.97 Å². The van der Waals surface area contributed by atoms with Gasteiger partial charge < -0.3 is 14.4 Å². The fraction of sp³-hybridized carbons (Fsp3) is 0.538. The van der Waals surface area contributed by atoms with Crippen molar-refractivity contribution in [3.8, 4) is 0 Å². The molecule has 0 fully saturated rings. The van der Waals surface area contributed by atoms with Crippen molar-refractivity contribution in [2.24, 2.45) is 11.8 Å². The Bertz CT molecular complexity index is 397. The van der Waals surface area contributed by atoms with Crippen LogP contribution in [0.1, 0.15) is 31.3 Å². The molecule has 1 rings (SSSR count). The maximum Gasteiger partial charge on any atom is 0.308 e. The molecule has 1 heterocycles. The Kier molecular flexibility index (Phi) is 4.95. The lowest BCUT2D eigenvalue weighted by Gasteiger charge is -2.25. The summed E-state index contributed by atoms with van der Waals surface area (Å²) in [5.41, 5.74) is 0. The summed E-state index contributed by atoms with van der Waals surface area (Å²) in [5, 5.41) is 8.92. The number of hydrogen-bond acceptors (Lipinski definition) is 3. The van der Waals surface area contributed by atoms with Crippen LogP contribution in [0.15, 0.2) is 22.8 Å². The number of hydrogen-bond donors (Lipinski definition) is 1. The SMILES string of the molecule is CC(C)CN(CC(C)C(=O)O)C(=O)c1ccco1. The Hall–Kier alpha value is -1.78. The first-order valence-corrected chi connectivity index (χ1v) is 5.97. The number of carboxylic acids is 1. The van der Waals surface area contributed by atoms with Gasteiger partial charge in [0.25, 0.3) is 5.91 Å². The number of aliphatic carboxylic acids is 1. The summed E-state index contributed by atoms with van der Waals surface area (Å²) in [6.07, 6.45) is 1.43. The zero-order chi connectivity index (χ0) is 13.7. The summed E-state index contributed by atoms with van der Waals surface area (Å²) in [7, 11) is 0. The van der Waals surface area contributed by atoms with E-state index in [1.165, 1.54) is 11.2 Å². The van der Waals surface area contributed by atoms with Gasteiger partial charge in [-0.3, -0.25) is 9.59 Å². The fourth-order valence-corrected chi connectivity index (χ4v) is 1.65. The van der Waals surface area contributed by atoms with Gasteiger partial charge in [-0.1, -0.05) is 20.8 Å². The van der Waals surface area contributed by atoms with Crippen molar-refractivity contribution in [3.63, 3.8) is 0 Å². The molecule has 5 nitrogen and oxygen atoms in total. The first kappa shape index (κ1) is 14.3. The molecule has 0 aliphatic heterocycles. The lowest BCUT2D eigenvalue weighted by Crippen LogP contribution is -2.39.